The summed E-state index contributed by atoms with van der Waals surface area (Å²) in [4.78, 5) is 24.6. The predicted octanol–water partition coefficient (Wildman–Crippen LogP) is 1.37. The fourth-order valence-electron chi connectivity index (χ4n) is 1.92. The normalized spacial score (nSPS) is 13.7. The molecule has 0 aromatic heterocycles. The molecule has 0 aliphatic carbocycles. The van der Waals surface area contributed by atoms with Crippen molar-refractivity contribution in [3.8, 4) is 0 Å². The van der Waals surface area contributed by atoms with Gasteiger partial charge in [0.15, 0.2) is 0 Å². The van der Waals surface area contributed by atoms with E-state index in [9.17, 15) is 9.59 Å². The van der Waals surface area contributed by atoms with E-state index in [0.717, 1.165) is 5.56 Å². The van der Waals surface area contributed by atoms with Crippen molar-refractivity contribution in [1.29, 1.82) is 0 Å². The number of nitrogen functional groups attached to an aromatic ring is 1. The quantitative estimate of drug-likeness (QED) is 0.664. The van der Waals surface area contributed by atoms with E-state index in [1.165, 1.54) is 4.90 Å². The number of hydrogen-bond acceptors (Lipinski definition) is 4. The van der Waals surface area contributed by atoms with Crippen LogP contribution in [0.3, 0.4) is 0 Å². The van der Waals surface area contributed by atoms with Crippen LogP contribution in [0.4, 0.5) is 11.4 Å². The van der Waals surface area contributed by atoms with Gasteiger partial charge in [-0.1, -0.05) is 11.6 Å². The number of rotatable bonds is 3. The molecule has 0 saturated heterocycles. The largest absolute Gasteiger partial charge is 0.465 e. The number of hydrogen-bond donors (Lipinski definition) is 1. The standard InChI is InChI=1S/C12H13ClN2O3/c1-2-18-12(17)6-15-10-5-8(13)9(14)3-7(10)4-11(15)16/h3,5H,2,4,6,14H2,1H3. The lowest BCUT2D eigenvalue weighted by Crippen LogP contribution is -2.33. The highest BCUT2D eigenvalue weighted by atomic mass is 35.5. The summed E-state index contributed by atoms with van der Waals surface area (Å²) in [5.74, 6) is -0.591. The van der Waals surface area contributed by atoms with Crippen LogP contribution in [-0.4, -0.2) is 25.0 Å². The second kappa shape index (κ2) is 4.86. The van der Waals surface area contributed by atoms with Crippen molar-refractivity contribution in [3.05, 3.63) is 22.7 Å². The topological polar surface area (TPSA) is 72.6 Å². The zero-order valence-electron chi connectivity index (χ0n) is 9.90. The lowest BCUT2D eigenvalue weighted by atomic mass is 10.1. The molecule has 1 heterocycles. The average Bonchev–Trinajstić information content (AvgIpc) is 2.57. The molecule has 0 saturated carbocycles. The van der Waals surface area contributed by atoms with Crippen LogP contribution < -0.4 is 10.6 Å². The Morgan fingerprint density at radius 1 is 1.56 bits per heavy atom. The van der Waals surface area contributed by atoms with Gasteiger partial charge in [-0.3, -0.25) is 9.59 Å². The molecule has 2 N–H and O–H groups in total. The summed E-state index contributed by atoms with van der Waals surface area (Å²) < 4.78 is 4.83. The number of nitrogens with zero attached hydrogens (tertiary/aromatic N) is 1. The van der Waals surface area contributed by atoms with Crippen molar-refractivity contribution in [2.24, 2.45) is 0 Å². The molecule has 0 radical (unpaired) electrons. The van der Waals surface area contributed by atoms with E-state index in [-0.39, 0.29) is 25.5 Å². The zero-order chi connectivity index (χ0) is 13.3. The highest BCUT2D eigenvalue weighted by molar-refractivity contribution is 6.33. The maximum atomic E-state index is 11.8. The van der Waals surface area contributed by atoms with Gasteiger partial charge in [-0.05, 0) is 24.6 Å². The number of carbonyl (C=O) groups is 2. The van der Waals surface area contributed by atoms with Crippen LogP contribution >= 0.6 is 11.6 Å². The van der Waals surface area contributed by atoms with Crippen molar-refractivity contribution in [3.63, 3.8) is 0 Å². The van der Waals surface area contributed by atoms with Crippen LogP contribution in [0.2, 0.25) is 5.02 Å². The zero-order valence-corrected chi connectivity index (χ0v) is 10.7. The summed E-state index contributed by atoms with van der Waals surface area (Å²) in [5, 5.41) is 0.373. The second-order valence-electron chi connectivity index (χ2n) is 3.96. The van der Waals surface area contributed by atoms with Crippen molar-refractivity contribution >= 4 is 34.9 Å². The molecular formula is C12H13ClN2O3. The Bertz CT molecular complexity index is 516. The number of halogens is 1. The molecule has 1 aromatic carbocycles. The number of nitrogens with two attached hydrogens (primary N) is 1. The molecule has 1 amide bonds. The molecular weight excluding hydrogens is 256 g/mol. The molecule has 6 heteroatoms. The summed E-state index contributed by atoms with van der Waals surface area (Å²) in [5.41, 5.74) is 7.53. The van der Waals surface area contributed by atoms with Crippen LogP contribution in [0.25, 0.3) is 0 Å². The first-order chi connectivity index (χ1) is 8.52. The van der Waals surface area contributed by atoms with Crippen molar-refractivity contribution in [2.45, 2.75) is 13.3 Å². The summed E-state index contributed by atoms with van der Waals surface area (Å²) in [7, 11) is 0. The summed E-state index contributed by atoms with van der Waals surface area (Å²) in [6.45, 7) is 1.91. The summed E-state index contributed by atoms with van der Waals surface area (Å²) >= 11 is 5.92. The third-order valence-electron chi connectivity index (χ3n) is 2.72. The first kappa shape index (κ1) is 12.7. The number of ether oxygens (including phenoxy) is 1. The number of fused-ring (bicyclic) bond motifs is 1. The maximum absolute atomic E-state index is 11.8. The Morgan fingerprint density at radius 2 is 2.28 bits per heavy atom. The number of carbonyl (C=O) groups excluding carboxylic acids is 2. The SMILES string of the molecule is CCOC(=O)CN1C(=O)Cc2cc(N)c(Cl)cc21. The number of amides is 1. The lowest BCUT2D eigenvalue weighted by molar-refractivity contribution is -0.142. The molecule has 96 valence electrons. The van der Waals surface area contributed by atoms with Crippen molar-refractivity contribution < 1.29 is 14.3 Å². The molecule has 2 rings (SSSR count). The number of benzene rings is 1. The minimum Gasteiger partial charge on any atom is -0.465 e. The molecule has 1 aliphatic rings. The molecule has 0 unspecified atom stereocenters. The Labute approximate surface area is 109 Å². The average molecular weight is 269 g/mol. The van der Waals surface area contributed by atoms with E-state index < -0.39 is 5.97 Å². The van der Waals surface area contributed by atoms with Crippen LogP contribution in [0.1, 0.15) is 12.5 Å². The Hall–Kier alpha value is -1.75. The third-order valence-corrected chi connectivity index (χ3v) is 3.05. The Kier molecular flexibility index (Phi) is 3.43. The molecule has 18 heavy (non-hydrogen) atoms. The van der Waals surface area contributed by atoms with Gasteiger partial charge in [0.05, 0.1) is 23.7 Å². The molecule has 0 bridgehead atoms. The van der Waals surface area contributed by atoms with Crippen LogP contribution in [0.5, 0.6) is 0 Å². The molecule has 0 atom stereocenters. The fraction of sp³-hybridized carbons (Fsp3) is 0.333. The van der Waals surface area contributed by atoms with Gasteiger partial charge in [-0.2, -0.15) is 0 Å². The minimum atomic E-state index is -0.438. The highest BCUT2D eigenvalue weighted by Gasteiger charge is 2.30. The molecule has 0 spiro atoms. The first-order valence-corrected chi connectivity index (χ1v) is 5.94. The smallest absolute Gasteiger partial charge is 0.326 e. The van der Waals surface area contributed by atoms with E-state index in [0.29, 0.717) is 16.4 Å². The van der Waals surface area contributed by atoms with E-state index in [4.69, 9.17) is 22.1 Å². The van der Waals surface area contributed by atoms with Gasteiger partial charge >= 0.3 is 5.97 Å². The predicted molar refractivity (Wildman–Crippen MR) is 68.6 cm³/mol. The first-order valence-electron chi connectivity index (χ1n) is 5.56. The van der Waals surface area contributed by atoms with Gasteiger partial charge in [-0.25, -0.2) is 0 Å². The van der Waals surface area contributed by atoms with Crippen LogP contribution in [-0.2, 0) is 20.7 Å². The van der Waals surface area contributed by atoms with E-state index in [1.807, 2.05) is 0 Å². The minimum absolute atomic E-state index is 0.0973. The number of esters is 1. The third kappa shape index (κ3) is 2.26. The summed E-state index contributed by atoms with van der Waals surface area (Å²) in [6, 6.07) is 3.27. The molecule has 1 aromatic rings. The lowest BCUT2D eigenvalue weighted by Gasteiger charge is -2.16. The van der Waals surface area contributed by atoms with Gasteiger partial charge < -0.3 is 15.4 Å². The van der Waals surface area contributed by atoms with E-state index in [2.05, 4.69) is 0 Å². The summed E-state index contributed by atoms with van der Waals surface area (Å²) in [6.07, 6.45) is 0.232. The van der Waals surface area contributed by atoms with Crippen molar-refractivity contribution in [2.75, 3.05) is 23.8 Å². The fourth-order valence-corrected chi connectivity index (χ4v) is 2.08. The molecule has 1 aliphatic heterocycles. The maximum Gasteiger partial charge on any atom is 0.326 e. The number of anilines is 2. The highest BCUT2D eigenvalue weighted by Crippen LogP contribution is 2.34. The Balaban J connectivity index is 2.27. The monoisotopic (exact) mass is 268 g/mol. The van der Waals surface area contributed by atoms with E-state index in [1.54, 1.807) is 19.1 Å². The Morgan fingerprint density at radius 3 is 2.94 bits per heavy atom. The second-order valence-corrected chi connectivity index (χ2v) is 4.37. The molecule has 0 fully saturated rings. The van der Waals surface area contributed by atoms with Crippen LogP contribution in [0.15, 0.2) is 12.1 Å². The van der Waals surface area contributed by atoms with Crippen molar-refractivity contribution in [1.82, 2.24) is 0 Å². The molecule has 5 nitrogen and oxygen atoms in total. The van der Waals surface area contributed by atoms with Gasteiger partial charge in [0, 0.05) is 5.69 Å². The van der Waals surface area contributed by atoms with Crippen LogP contribution in [0, 0.1) is 0 Å². The van der Waals surface area contributed by atoms with Gasteiger partial charge in [0.25, 0.3) is 0 Å². The van der Waals surface area contributed by atoms with Gasteiger partial charge in [0.2, 0.25) is 5.91 Å². The van der Waals surface area contributed by atoms with E-state index >= 15 is 0 Å². The van der Waals surface area contributed by atoms with Gasteiger partial charge in [-0.15, -0.1) is 0 Å². The van der Waals surface area contributed by atoms with Gasteiger partial charge in [0.1, 0.15) is 6.54 Å².